The fraction of sp³-hybridized carbons (Fsp3) is 0.158. The molecule has 164 valence electrons. The highest BCUT2D eigenvalue weighted by Crippen LogP contribution is 2.23. The summed E-state index contributed by atoms with van der Waals surface area (Å²) in [4.78, 5) is 23.1. The summed E-state index contributed by atoms with van der Waals surface area (Å²) < 4.78 is 8.13. The number of hydrogen-bond donors (Lipinski definition) is 1. The molecule has 1 N–H and O–H groups in total. The van der Waals surface area contributed by atoms with E-state index in [0.717, 1.165) is 11.8 Å². The second-order valence-electron chi connectivity index (χ2n) is 6.85. The van der Waals surface area contributed by atoms with Gasteiger partial charge < -0.3 is 9.84 Å². The van der Waals surface area contributed by atoms with Gasteiger partial charge in [0.25, 0.3) is 5.91 Å². The SMILES string of the molecule is Cc1onc(C(=O)Nc2cnn(Cc3ccc(Cl)c(Cl)c3)c2)c1Cn1cc([N+](=O)[O-])cn1. The monoisotopic (exact) mass is 475 g/mol. The first-order valence-corrected chi connectivity index (χ1v) is 9.95. The molecule has 1 aromatic carbocycles. The van der Waals surface area contributed by atoms with Gasteiger partial charge in [-0.15, -0.1) is 0 Å². The van der Waals surface area contributed by atoms with E-state index in [1.165, 1.54) is 17.1 Å². The second kappa shape index (κ2) is 8.81. The lowest BCUT2D eigenvalue weighted by Gasteiger charge is -2.04. The zero-order valence-corrected chi connectivity index (χ0v) is 18.0. The van der Waals surface area contributed by atoms with Crippen molar-refractivity contribution in [2.24, 2.45) is 0 Å². The minimum Gasteiger partial charge on any atom is -0.361 e. The van der Waals surface area contributed by atoms with Gasteiger partial charge in [-0.25, -0.2) is 0 Å². The van der Waals surface area contributed by atoms with Gasteiger partial charge in [-0.1, -0.05) is 34.4 Å². The maximum absolute atomic E-state index is 12.8. The number of rotatable bonds is 7. The third kappa shape index (κ3) is 4.63. The lowest BCUT2D eigenvalue weighted by molar-refractivity contribution is -0.385. The number of hydrogen-bond acceptors (Lipinski definition) is 7. The van der Waals surface area contributed by atoms with Crippen LogP contribution in [0.2, 0.25) is 10.0 Å². The average Bonchev–Trinajstić information content (AvgIpc) is 3.47. The highest BCUT2D eigenvalue weighted by molar-refractivity contribution is 6.42. The van der Waals surface area contributed by atoms with E-state index in [4.69, 9.17) is 27.7 Å². The molecule has 32 heavy (non-hydrogen) atoms. The molecular formula is C19H15Cl2N7O4. The van der Waals surface area contributed by atoms with E-state index < -0.39 is 10.8 Å². The van der Waals surface area contributed by atoms with Gasteiger partial charge in [0.15, 0.2) is 5.69 Å². The van der Waals surface area contributed by atoms with Crippen LogP contribution in [0.25, 0.3) is 0 Å². The molecule has 0 spiro atoms. The van der Waals surface area contributed by atoms with Gasteiger partial charge in [0.05, 0.1) is 39.9 Å². The molecule has 0 aliphatic carbocycles. The number of carbonyl (C=O) groups is 1. The second-order valence-corrected chi connectivity index (χ2v) is 7.66. The van der Waals surface area contributed by atoms with Gasteiger partial charge in [-0.3, -0.25) is 24.3 Å². The molecule has 4 rings (SSSR count). The number of halogens is 2. The first-order valence-electron chi connectivity index (χ1n) is 9.20. The lowest BCUT2D eigenvalue weighted by atomic mass is 10.2. The van der Waals surface area contributed by atoms with Crippen LogP contribution in [-0.2, 0) is 13.1 Å². The Morgan fingerprint density at radius 3 is 2.62 bits per heavy atom. The highest BCUT2D eigenvalue weighted by atomic mass is 35.5. The van der Waals surface area contributed by atoms with Crippen molar-refractivity contribution in [3.63, 3.8) is 0 Å². The summed E-state index contributed by atoms with van der Waals surface area (Å²) in [7, 11) is 0. The molecule has 0 unspecified atom stereocenters. The molecule has 13 heteroatoms. The summed E-state index contributed by atoms with van der Waals surface area (Å²) in [6, 6.07) is 5.28. The fourth-order valence-electron chi connectivity index (χ4n) is 2.98. The number of aromatic nitrogens is 5. The van der Waals surface area contributed by atoms with Gasteiger partial charge in [-0.05, 0) is 24.6 Å². The topological polar surface area (TPSA) is 134 Å². The maximum Gasteiger partial charge on any atom is 0.307 e. The molecule has 0 aliphatic heterocycles. The van der Waals surface area contributed by atoms with Crippen LogP contribution in [0.1, 0.15) is 27.4 Å². The van der Waals surface area contributed by atoms with Crippen LogP contribution in [0.4, 0.5) is 11.4 Å². The molecule has 4 aromatic rings. The first-order chi connectivity index (χ1) is 15.3. The van der Waals surface area contributed by atoms with E-state index in [-0.39, 0.29) is 17.9 Å². The standard InChI is InChI=1S/C19H15Cl2N7O4/c1-11-15(10-27-9-14(6-23-27)28(30)31)18(25-32-11)19(29)24-13-5-22-26(8-13)7-12-2-3-16(20)17(21)4-12/h2-6,8-9H,7,10H2,1H3,(H,24,29). The van der Waals surface area contributed by atoms with Crippen molar-refractivity contribution in [1.82, 2.24) is 24.7 Å². The molecule has 0 saturated heterocycles. The van der Waals surface area contributed by atoms with Gasteiger partial charge >= 0.3 is 5.69 Å². The molecule has 0 bridgehead atoms. The third-order valence-corrected chi connectivity index (χ3v) is 5.31. The summed E-state index contributed by atoms with van der Waals surface area (Å²) >= 11 is 12.0. The predicted molar refractivity (Wildman–Crippen MR) is 115 cm³/mol. The Balaban J connectivity index is 1.46. The molecule has 0 radical (unpaired) electrons. The molecule has 3 heterocycles. The minimum absolute atomic E-state index is 0.0536. The van der Waals surface area contributed by atoms with Crippen LogP contribution < -0.4 is 5.32 Å². The zero-order chi connectivity index (χ0) is 22.8. The highest BCUT2D eigenvalue weighted by Gasteiger charge is 2.22. The number of benzene rings is 1. The Kier molecular flexibility index (Phi) is 5.93. The molecule has 0 fully saturated rings. The maximum atomic E-state index is 12.8. The summed E-state index contributed by atoms with van der Waals surface area (Å²) in [6.07, 6.45) is 5.55. The molecule has 11 nitrogen and oxygen atoms in total. The molecule has 0 saturated carbocycles. The smallest absolute Gasteiger partial charge is 0.307 e. The number of carbonyl (C=O) groups excluding carboxylic acids is 1. The summed E-state index contributed by atoms with van der Waals surface area (Å²) in [5, 5.41) is 26.5. The van der Waals surface area contributed by atoms with Gasteiger partial charge in [0.1, 0.15) is 18.2 Å². The van der Waals surface area contributed by atoms with Crippen LogP contribution in [0, 0.1) is 17.0 Å². The molecular weight excluding hydrogens is 461 g/mol. The Morgan fingerprint density at radius 2 is 1.91 bits per heavy atom. The third-order valence-electron chi connectivity index (χ3n) is 4.57. The van der Waals surface area contributed by atoms with Crippen LogP contribution in [0.15, 0.2) is 47.5 Å². The van der Waals surface area contributed by atoms with E-state index in [9.17, 15) is 14.9 Å². The predicted octanol–water partition coefficient (Wildman–Crippen LogP) is 3.94. The summed E-state index contributed by atoms with van der Waals surface area (Å²) in [5.41, 5.74) is 1.71. The van der Waals surface area contributed by atoms with Crippen molar-refractivity contribution < 1.29 is 14.2 Å². The van der Waals surface area contributed by atoms with E-state index in [1.54, 1.807) is 29.9 Å². The van der Waals surface area contributed by atoms with Crippen molar-refractivity contribution in [2.45, 2.75) is 20.0 Å². The largest absolute Gasteiger partial charge is 0.361 e. The Bertz CT molecular complexity index is 1310. The number of anilines is 1. The van der Waals surface area contributed by atoms with E-state index >= 15 is 0 Å². The van der Waals surface area contributed by atoms with E-state index in [0.29, 0.717) is 33.6 Å². The molecule has 0 atom stereocenters. The van der Waals surface area contributed by atoms with Crippen LogP contribution in [-0.4, -0.2) is 35.5 Å². The quantitative estimate of drug-likeness (QED) is 0.315. The van der Waals surface area contributed by atoms with E-state index in [1.807, 2.05) is 6.07 Å². The van der Waals surface area contributed by atoms with Crippen LogP contribution in [0.3, 0.4) is 0 Å². The van der Waals surface area contributed by atoms with Crippen molar-refractivity contribution in [3.8, 4) is 0 Å². The van der Waals surface area contributed by atoms with Gasteiger partial charge in [-0.2, -0.15) is 10.2 Å². The van der Waals surface area contributed by atoms with Crippen LogP contribution >= 0.6 is 23.2 Å². The van der Waals surface area contributed by atoms with Crippen molar-refractivity contribution >= 4 is 40.5 Å². The fourth-order valence-corrected chi connectivity index (χ4v) is 3.30. The molecule has 1 amide bonds. The summed E-state index contributed by atoms with van der Waals surface area (Å²) in [6.45, 7) is 2.16. The number of amides is 1. The van der Waals surface area contributed by atoms with Gasteiger partial charge in [0.2, 0.25) is 0 Å². The van der Waals surface area contributed by atoms with E-state index in [2.05, 4.69) is 20.7 Å². The van der Waals surface area contributed by atoms with Gasteiger partial charge in [0, 0.05) is 11.8 Å². The van der Waals surface area contributed by atoms with Crippen LogP contribution in [0.5, 0.6) is 0 Å². The van der Waals surface area contributed by atoms with Crippen molar-refractivity contribution in [1.29, 1.82) is 0 Å². The van der Waals surface area contributed by atoms with Crippen molar-refractivity contribution in [2.75, 3.05) is 5.32 Å². The molecule has 3 aromatic heterocycles. The number of nitrogens with zero attached hydrogens (tertiary/aromatic N) is 6. The minimum atomic E-state index is -0.548. The van der Waals surface area contributed by atoms with Crippen molar-refractivity contribution in [3.05, 3.63) is 85.7 Å². The number of aryl methyl sites for hydroxylation is 1. The Hall–Kier alpha value is -3.70. The number of nitro groups is 1. The lowest BCUT2D eigenvalue weighted by Crippen LogP contribution is -2.15. The normalized spacial score (nSPS) is 11.0. The Labute approximate surface area is 190 Å². The zero-order valence-electron chi connectivity index (χ0n) is 16.5. The first kappa shape index (κ1) is 21.5. The number of nitrogens with one attached hydrogen (secondary N) is 1. The average molecular weight is 476 g/mol. The Morgan fingerprint density at radius 1 is 1.16 bits per heavy atom. The summed E-state index contributed by atoms with van der Waals surface area (Å²) in [5.74, 6) is -0.101. The molecule has 0 aliphatic rings.